The summed E-state index contributed by atoms with van der Waals surface area (Å²) in [5, 5.41) is 2.52. The maximum absolute atomic E-state index is 12.7. The van der Waals surface area contributed by atoms with Gasteiger partial charge >= 0.3 is 0 Å². The summed E-state index contributed by atoms with van der Waals surface area (Å²) in [5.74, 6) is 0.594. The van der Waals surface area contributed by atoms with Gasteiger partial charge in [-0.1, -0.05) is 35.9 Å². The third kappa shape index (κ3) is 4.84. The van der Waals surface area contributed by atoms with Crippen LogP contribution in [0.5, 0.6) is 0 Å². The monoisotopic (exact) mass is 437 g/mol. The van der Waals surface area contributed by atoms with E-state index in [4.69, 9.17) is 22.1 Å². The average molecular weight is 438 g/mol. The van der Waals surface area contributed by atoms with Gasteiger partial charge in [0.15, 0.2) is 5.78 Å². The van der Waals surface area contributed by atoms with E-state index in [0.717, 1.165) is 26.8 Å². The molecule has 0 amide bonds. The van der Waals surface area contributed by atoms with Gasteiger partial charge in [0.2, 0.25) is 0 Å². The number of carbonyl (C=O) groups is 1. The predicted molar refractivity (Wildman–Crippen MR) is 121 cm³/mol. The summed E-state index contributed by atoms with van der Waals surface area (Å²) in [6.45, 7) is 0.819. The first kappa shape index (κ1) is 20.5. The van der Waals surface area contributed by atoms with Gasteiger partial charge < -0.3 is 10.5 Å². The summed E-state index contributed by atoms with van der Waals surface area (Å²) in [5.41, 5.74) is 7.98. The van der Waals surface area contributed by atoms with Crippen LogP contribution in [-0.2, 0) is 24.4 Å². The van der Waals surface area contributed by atoms with E-state index in [2.05, 4.69) is 16.0 Å². The molecular weight excluding hydrogens is 418 g/mol. The van der Waals surface area contributed by atoms with Gasteiger partial charge in [-0.15, -0.1) is 11.3 Å². The van der Waals surface area contributed by atoms with Crippen molar-refractivity contribution in [1.29, 1.82) is 0 Å². The van der Waals surface area contributed by atoms with Gasteiger partial charge in [0.05, 0.1) is 23.1 Å². The van der Waals surface area contributed by atoms with Crippen molar-refractivity contribution in [3.63, 3.8) is 0 Å². The second kappa shape index (κ2) is 9.34. The van der Waals surface area contributed by atoms with Crippen LogP contribution < -0.4 is 5.73 Å². The number of pyridine rings is 2. The number of ketones is 1. The van der Waals surface area contributed by atoms with Crippen molar-refractivity contribution >= 4 is 45.3 Å². The van der Waals surface area contributed by atoms with E-state index >= 15 is 0 Å². The van der Waals surface area contributed by atoms with Crippen LogP contribution in [0.1, 0.15) is 32.1 Å². The molecule has 0 saturated heterocycles. The number of ether oxygens (including phenoxy) is 1. The maximum atomic E-state index is 12.7. The number of hydrogen-bond donors (Lipinski definition) is 1. The summed E-state index contributed by atoms with van der Waals surface area (Å²) < 4.78 is 5.72. The van der Waals surface area contributed by atoms with Gasteiger partial charge in [0, 0.05) is 35.3 Å². The third-order valence-corrected chi connectivity index (χ3v) is 6.36. The fourth-order valence-electron chi connectivity index (χ4n) is 3.17. The Morgan fingerprint density at radius 1 is 1.10 bits per heavy atom. The van der Waals surface area contributed by atoms with E-state index < -0.39 is 0 Å². The van der Waals surface area contributed by atoms with Crippen LogP contribution in [-0.4, -0.2) is 15.8 Å². The Balaban J connectivity index is 1.35. The van der Waals surface area contributed by atoms with Crippen LogP contribution in [0.15, 0.2) is 61.1 Å². The SMILES string of the molecule is Nc1nccc2cc(CCC(=O)c3cc(Cl)c(COCc4cccnc4)s3)ccc12. The number of nitrogens with zero attached hydrogens (tertiary/aromatic N) is 2. The fourth-order valence-corrected chi connectivity index (χ4v) is 4.48. The first-order valence-corrected chi connectivity index (χ1v) is 10.7. The molecule has 4 aromatic rings. The molecule has 2 N–H and O–H groups in total. The standard InChI is InChI=1S/C23H20ClN3O2S/c24-19-11-21(30-22(19)14-29-13-16-2-1-8-26-12-16)20(28)6-4-15-3-5-18-17(10-15)7-9-27-23(18)25/h1-3,5,7-12H,4,6,13-14H2,(H2,25,27). The Hall–Kier alpha value is -2.80. The van der Waals surface area contributed by atoms with Crippen molar-refractivity contribution in [2.24, 2.45) is 0 Å². The topological polar surface area (TPSA) is 78.1 Å². The lowest BCUT2D eigenvalue weighted by Crippen LogP contribution is -1.99. The average Bonchev–Trinajstić information content (AvgIpc) is 3.13. The van der Waals surface area contributed by atoms with Crippen LogP contribution in [0.3, 0.4) is 0 Å². The van der Waals surface area contributed by atoms with E-state index in [-0.39, 0.29) is 5.78 Å². The number of thiophene rings is 1. The van der Waals surface area contributed by atoms with E-state index in [1.54, 1.807) is 24.7 Å². The quantitative estimate of drug-likeness (QED) is 0.370. The Morgan fingerprint density at radius 3 is 2.83 bits per heavy atom. The van der Waals surface area contributed by atoms with Crippen LogP contribution in [0, 0.1) is 0 Å². The lowest BCUT2D eigenvalue weighted by atomic mass is 10.0. The molecular formula is C23H20ClN3O2S. The summed E-state index contributed by atoms with van der Waals surface area (Å²) in [6, 6.07) is 13.5. The van der Waals surface area contributed by atoms with Crippen molar-refractivity contribution in [3.05, 3.63) is 87.0 Å². The van der Waals surface area contributed by atoms with E-state index in [1.807, 2.05) is 30.3 Å². The minimum absolute atomic E-state index is 0.0785. The molecule has 0 radical (unpaired) electrons. The number of rotatable bonds is 8. The number of halogens is 1. The first-order valence-electron chi connectivity index (χ1n) is 9.51. The molecule has 0 unspecified atom stereocenters. The number of carbonyl (C=O) groups excluding carboxylic acids is 1. The normalized spacial score (nSPS) is 11.1. The molecule has 3 aromatic heterocycles. The molecule has 0 aliphatic carbocycles. The predicted octanol–water partition coefficient (Wildman–Crippen LogP) is 5.46. The van der Waals surface area contributed by atoms with Crippen molar-refractivity contribution in [2.45, 2.75) is 26.1 Å². The molecule has 3 heterocycles. The summed E-state index contributed by atoms with van der Waals surface area (Å²) in [4.78, 5) is 22.4. The van der Waals surface area contributed by atoms with Crippen LogP contribution in [0.4, 0.5) is 5.82 Å². The molecule has 5 nitrogen and oxygen atoms in total. The van der Waals surface area contributed by atoms with Crippen molar-refractivity contribution in [2.75, 3.05) is 5.73 Å². The minimum Gasteiger partial charge on any atom is -0.383 e. The highest BCUT2D eigenvalue weighted by Gasteiger charge is 2.14. The lowest BCUT2D eigenvalue weighted by Gasteiger charge is -2.05. The molecule has 0 atom stereocenters. The number of Topliss-reactive ketones (excluding diaryl/α,β-unsaturated/α-hetero) is 1. The van der Waals surface area contributed by atoms with Crippen LogP contribution >= 0.6 is 22.9 Å². The molecule has 0 bridgehead atoms. The Bertz CT molecular complexity index is 1180. The molecule has 0 fully saturated rings. The molecule has 7 heteroatoms. The summed E-state index contributed by atoms with van der Waals surface area (Å²) >= 11 is 7.71. The zero-order chi connectivity index (χ0) is 20.9. The highest BCUT2D eigenvalue weighted by molar-refractivity contribution is 7.14. The largest absolute Gasteiger partial charge is 0.383 e. The molecule has 152 valence electrons. The highest BCUT2D eigenvalue weighted by Crippen LogP contribution is 2.29. The summed E-state index contributed by atoms with van der Waals surface area (Å²) in [7, 11) is 0. The van der Waals surface area contributed by atoms with Crippen LogP contribution in [0.2, 0.25) is 5.02 Å². The molecule has 0 aliphatic heterocycles. The Kier molecular flexibility index (Phi) is 6.38. The number of benzene rings is 1. The number of aryl methyl sites for hydroxylation is 1. The lowest BCUT2D eigenvalue weighted by molar-refractivity contribution is 0.0986. The van der Waals surface area contributed by atoms with Crippen molar-refractivity contribution in [1.82, 2.24) is 9.97 Å². The number of anilines is 1. The van der Waals surface area contributed by atoms with E-state index in [9.17, 15) is 4.79 Å². The fraction of sp³-hybridized carbons (Fsp3) is 0.174. The van der Waals surface area contributed by atoms with E-state index in [1.165, 1.54) is 11.3 Å². The molecule has 0 saturated carbocycles. The first-order chi connectivity index (χ1) is 14.6. The van der Waals surface area contributed by atoms with Crippen molar-refractivity contribution in [3.8, 4) is 0 Å². The number of nitrogens with two attached hydrogens (primary N) is 1. The highest BCUT2D eigenvalue weighted by atomic mass is 35.5. The zero-order valence-electron chi connectivity index (χ0n) is 16.2. The molecule has 4 rings (SSSR count). The molecule has 1 aromatic carbocycles. The van der Waals surface area contributed by atoms with E-state index in [0.29, 0.717) is 41.8 Å². The summed E-state index contributed by atoms with van der Waals surface area (Å²) in [6.07, 6.45) is 6.25. The number of fused-ring (bicyclic) bond motifs is 1. The maximum Gasteiger partial charge on any atom is 0.173 e. The molecule has 0 aliphatic rings. The van der Waals surface area contributed by atoms with Gasteiger partial charge in [0.1, 0.15) is 5.82 Å². The van der Waals surface area contributed by atoms with Gasteiger partial charge in [0.25, 0.3) is 0 Å². The minimum atomic E-state index is 0.0785. The second-order valence-electron chi connectivity index (χ2n) is 6.91. The third-order valence-electron chi connectivity index (χ3n) is 4.76. The Labute approximate surface area is 183 Å². The van der Waals surface area contributed by atoms with Crippen molar-refractivity contribution < 1.29 is 9.53 Å². The van der Waals surface area contributed by atoms with Gasteiger partial charge in [-0.2, -0.15) is 0 Å². The number of hydrogen-bond acceptors (Lipinski definition) is 6. The molecule has 30 heavy (non-hydrogen) atoms. The zero-order valence-corrected chi connectivity index (χ0v) is 17.7. The van der Waals surface area contributed by atoms with Gasteiger partial charge in [-0.05, 0) is 41.1 Å². The van der Waals surface area contributed by atoms with Gasteiger partial charge in [-0.25, -0.2) is 4.98 Å². The Morgan fingerprint density at radius 2 is 2.00 bits per heavy atom. The second-order valence-corrected chi connectivity index (χ2v) is 8.45. The molecule has 0 spiro atoms. The number of aromatic nitrogens is 2. The smallest absolute Gasteiger partial charge is 0.173 e. The van der Waals surface area contributed by atoms with Crippen LogP contribution in [0.25, 0.3) is 10.8 Å². The number of nitrogen functional groups attached to an aromatic ring is 1. The van der Waals surface area contributed by atoms with Gasteiger partial charge in [-0.3, -0.25) is 9.78 Å².